The molecule has 53 heavy (non-hydrogen) atoms. The number of phenols is 2. The number of aromatic hydroxyl groups is 2. The number of pyridine rings is 1. The molecule has 4 heterocycles. The van der Waals surface area contributed by atoms with Gasteiger partial charge in [0.2, 0.25) is 11.9 Å². The van der Waals surface area contributed by atoms with Gasteiger partial charge in [0.1, 0.15) is 23.7 Å². The second kappa shape index (κ2) is 16.0. The minimum Gasteiger partial charge on any atom is -0.508 e. The molecular weight excluding hydrogens is 702 g/mol. The largest absolute Gasteiger partial charge is 0.508 e. The number of carbonyl (C=O) groups is 2. The van der Waals surface area contributed by atoms with Gasteiger partial charge in [0.15, 0.2) is 17.0 Å². The van der Waals surface area contributed by atoms with E-state index in [1.807, 2.05) is 29.2 Å². The van der Waals surface area contributed by atoms with Crippen molar-refractivity contribution in [3.05, 3.63) is 96.1 Å². The molecule has 0 spiro atoms. The minimum atomic E-state index is -1.19. The summed E-state index contributed by atoms with van der Waals surface area (Å²) in [5.74, 6) is 0.488. The zero-order valence-corrected chi connectivity index (χ0v) is 29.7. The molecule has 5 aromatic rings. The van der Waals surface area contributed by atoms with Crippen molar-refractivity contribution in [3.8, 4) is 11.5 Å². The van der Waals surface area contributed by atoms with Gasteiger partial charge < -0.3 is 45.8 Å². The Kier molecular flexibility index (Phi) is 11.3. The van der Waals surface area contributed by atoms with Crippen LogP contribution in [0.1, 0.15) is 59.6 Å². The highest BCUT2D eigenvalue weighted by molar-refractivity contribution is 5.94. The molecule has 1 aliphatic carbocycles. The highest BCUT2D eigenvalue weighted by atomic mass is 35.5. The Morgan fingerprint density at radius 1 is 0.906 bits per heavy atom. The third kappa shape index (κ3) is 7.96. The van der Waals surface area contributed by atoms with Crippen LogP contribution in [0.25, 0.3) is 11.2 Å². The maximum Gasteiger partial charge on any atom is 0.251 e. The van der Waals surface area contributed by atoms with Crippen LogP contribution in [0, 0.1) is 0 Å². The molecule has 2 aromatic carbocycles. The Morgan fingerprint density at radius 2 is 1.57 bits per heavy atom. The van der Waals surface area contributed by atoms with E-state index in [0.29, 0.717) is 54.5 Å². The van der Waals surface area contributed by atoms with Gasteiger partial charge in [-0.25, -0.2) is 4.98 Å². The zero-order valence-electron chi connectivity index (χ0n) is 28.9. The summed E-state index contributed by atoms with van der Waals surface area (Å²) in [5.41, 5.74) is 3.24. The maximum atomic E-state index is 12.9. The maximum absolute atomic E-state index is 12.9. The van der Waals surface area contributed by atoms with Crippen molar-refractivity contribution in [2.75, 3.05) is 29.9 Å². The third-order valence-electron chi connectivity index (χ3n) is 9.90. The number of halogens is 1. The number of amides is 2. The molecule has 1 saturated carbocycles. The normalized spacial score (nSPS) is 21.1. The van der Waals surface area contributed by atoms with Crippen molar-refractivity contribution >= 4 is 47.2 Å². The number of nitrogens with one attached hydrogen (secondary N) is 3. The standard InChI is InChI=1S/C37H41N9O6.ClH/c1-2-30(49)42-28-17-29(33(51)32(28)50)46-20-40-31-34(39-18-27(21-3-7-25(47)8-4-21)22-5-9-26(48)10-6-22)43-37(44-35(31)46)45-16-13-24(19-45)41-36(52)23-11-14-38-15-12-23;/h3-12,14-15,20,24,27-29,32-33,47-48,50-51H,2,13,16-19H2,1H3,(H,41,52)(H,42,49)(H,39,43,44);1H/t24-,28+,29-,32-,33+;/m1./s1. The van der Waals surface area contributed by atoms with Crippen molar-refractivity contribution in [3.63, 3.8) is 0 Å². The van der Waals surface area contributed by atoms with E-state index >= 15 is 0 Å². The Labute approximate surface area is 311 Å². The number of rotatable bonds is 11. The topological polar surface area (TPSA) is 211 Å². The number of aliphatic hydroxyl groups is 2. The molecule has 7 N–H and O–H groups in total. The van der Waals surface area contributed by atoms with Gasteiger partial charge in [0, 0.05) is 56.0 Å². The minimum absolute atomic E-state index is 0. The van der Waals surface area contributed by atoms with Crippen LogP contribution in [0.4, 0.5) is 11.8 Å². The molecule has 5 atom stereocenters. The molecule has 16 heteroatoms. The zero-order chi connectivity index (χ0) is 36.4. The Hall–Kier alpha value is -5.51. The molecule has 3 aromatic heterocycles. The number of imidazole rings is 1. The Bertz CT molecular complexity index is 1990. The van der Waals surface area contributed by atoms with Crippen LogP contribution in [0.3, 0.4) is 0 Å². The van der Waals surface area contributed by atoms with Crippen LogP contribution >= 0.6 is 12.4 Å². The van der Waals surface area contributed by atoms with Gasteiger partial charge in [-0.15, -0.1) is 12.4 Å². The molecule has 7 rings (SSSR count). The van der Waals surface area contributed by atoms with Gasteiger partial charge in [-0.3, -0.25) is 14.6 Å². The van der Waals surface area contributed by atoms with E-state index in [2.05, 4.69) is 25.9 Å². The molecule has 2 aliphatic rings. The fraction of sp³-hybridized carbons (Fsp3) is 0.351. The monoisotopic (exact) mass is 743 g/mol. The molecular formula is C37H42ClN9O6. The summed E-state index contributed by atoms with van der Waals surface area (Å²) in [7, 11) is 0. The molecule has 278 valence electrons. The number of aromatic nitrogens is 5. The van der Waals surface area contributed by atoms with E-state index in [9.17, 15) is 30.0 Å². The summed E-state index contributed by atoms with van der Waals surface area (Å²) >= 11 is 0. The molecule has 2 fully saturated rings. The second-order valence-corrected chi connectivity index (χ2v) is 13.3. The predicted molar refractivity (Wildman–Crippen MR) is 199 cm³/mol. The first-order valence-corrected chi connectivity index (χ1v) is 17.4. The quantitative estimate of drug-likeness (QED) is 0.104. The number of hydrogen-bond acceptors (Lipinski definition) is 12. The summed E-state index contributed by atoms with van der Waals surface area (Å²) in [6, 6.07) is 15.7. The highest BCUT2D eigenvalue weighted by Gasteiger charge is 2.44. The smallest absolute Gasteiger partial charge is 0.251 e. The van der Waals surface area contributed by atoms with Gasteiger partial charge in [-0.2, -0.15) is 9.97 Å². The van der Waals surface area contributed by atoms with E-state index in [0.717, 1.165) is 11.1 Å². The average molecular weight is 744 g/mol. The molecule has 0 unspecified atom stereocenters. The number of aliphatic hydroxyl groups excluding tert-OH is 2. The van der Waals surface area contributed by atoms with Crippen LogP contribution in [0.15, 0.2) is 79.4 Å². The van der Waals surface area contributed by atoms with Crippen LogP contribution in [0.5, 0.6) is 11.5 Å². The number of hydrogen-bond donors (Lipinski definition) is 7. The number of nitrogens with zero attached hydrogens (tertiary/aromatic N) is 6. The van der Waals surface area contributed by atoms with Crippen LogP contribution in [-0.2, 0) is 4.79 Å². The summed E-state index contributed by atoms with van der Waals surface area (Å²) in [6.45, 7) is 3.10. The number of benzene rings is 2. The summed E-state index contributed by atoms with van der Waals surface area (Å²) in [6.07, 6.45) is 3.51. The van der Waals surface area contributed by atoms with Gasteiger partial charge >= 0.3 is 0 Å². The van der Waals surface area contributed by atoms with Crippen molar-refractivity contribution < 1.29 is 30.0 Å². The fourth-order valence-electron chi connectivity index (χ4n) is 7.02. The lowest BCUT2D eigenvalue weighted by Gasteiger charge is -2.22. The van der Waals surface area contributed by atoms with E-state index < -0.39 is 24.3 Å². The molecule has 15 nitrogen and oxygen atoms in total. The number of carbonyl (C=O) groups excluding carboxylic acids is 2. The van der Waals surface area contributed by atoms with E-state index in [1.54, 1.807) is 66.6 Å². The summed E-state index contributed by atoms with van der Waals surface area (Å²) < 4.78 is 1.73. The predicted octanol–water partition coefficient (Wildman–Crippen LogP) is 2.87. The van der Waals surface area contributed by atoms with Crippen molar-refractivity contribution in [2.24, 2.45) is 0 Å². The lowest BCUT2D eigenvalue weighted by atomic mass is 9.91. The number of anilines is 2. The molecule has 2 amide bonds. The van der Waals surface area contributed by atoms with Crippen molar-refractivity contribution in [1.82, 2.24) is 35.1 Å². The molecule has 0 radical (unpaired) electrons. The molecule has 1 saturated heterocycles. The van der Waals surface area contributed by atoms with Gasteiger partial charge in [0.05, 0.1) is 18.4 Å². The van der Waals surface area contributed by atoms with Gasteiger partial charge in [-0.1, -0.05) is 31.2 Å². The van der Waals surface area contributed by atoms with Crippen LogP contribution < -0.4 is 20.9 Å². The Balaban J connectivity index is 0.00000481. The Morgan fingerprint density at radius 3 is 2.21 bits per heavy atom. The first-order valence-electron chi connectivity index (χ1n) is 17.4. The first-order chi connectivity index (χ1) is 25.2. The van der Waals surface area contributed by atoms with Crippen LogP contribution in [0.2, 0.25) is 0 Å². The lowest BCUT2D eigenvalue weighted by Crippen LogP contribution is -2.42. The molecule has 1 aliphatic heterocycles. The molecule has 0 bridgehead atoms. The van der Waals surface area contributed by atoms with E-state index in [1.165, 1.54) is 0 Å². The van der Waals surface area contributed by atoms with Gasteiger partial charge in [0.25, 0.3) is 5.91 Å². The highest BCUT2D eigenvalue weighted by Crippen LogP contribution is 2.36. The summed E-state index contributed by atoms with van der Waals surface area (Å²) in [4.78, 5) is 45.6. The van der Waals surface area contributed by atoms with Gasteiger partial charge in [-0.05, 0) is 60.4 Å². The van der Waals surface area contributed by atoms with E-state index in [-0.39, 0.29) is 60.5 Å². The van der Waals surface area contributed by atoms with E-state index in [4.69, 9.17) is 9.97 Å². The first kappa shape index (κ1) is 37.3. The third-order valence-corrected chi connectivity index (χ3v) is 9.90. The second-order valence-electron chi connectivity index (χ2n) is 13.3. The number of phenolic OH excluding ortho intramolecular Hbond substituents is 2. The fourth-order valence-corrected chi connectivity index (χ4v) is 7.02. The SMILES string of the molecule is CCC(=O)N[C@H]1C[C@@H](n2cnc3c(NCC(c4ccc(O)cc4)c4ccc(O)cc4)nc(N4CC[C@@H](NC(=O)c5ccncc5)C4)nc32)[C@H](O)[C@@H]1O.Cl. The number of fused-ring (bicyclic) bond motifs is 1. The van der Waals surface area contributed by atoms with Crippen LogP contribution in [-0.4, -0.2) is 101 Å². The average Bonchev–Trinajstić information content (AvgIpc) is 3.88. The lowest BCUT2D eigenvalue weighted by molar-refractivity contribution is -0.122. The summed E-state index contributed by atoms with van der Waals surface area (Å²) in [5, 5.41) is 51.4. The van der Waals surface area contributed by atoms with Crippen molar-refractivity contribution in [2.45, 2.75) is 62.4 Å². The van der Waals surface area contributed by atoms with Crippen molar-refractivity contribution in [1.29, 1.82) is 0 Å².